The molecule has 0 radical (unpaired) electrons. The Labute approximate surface area is 127 Å². The second-order valence-electron chi connectivity index (χ2n) is 6.73. The van der Waals surface area contributed by atoms with E-state index in [9.17, 15) is 0 Å². The summed E-state index contributed by atoms with van der Waals surface area (Å²) >= 11 is 0. The van der Waals surface area contributed by atoms with Crippen molar-refractivity contribution in [3.63, 3.8) is 0 Å². The van der Waals surface area contributed by atoms with E-state index in [4.69, 9.17) is 5.73 Å². The van der Waals surface area contributed by atoms with Crippen molar-refractivity contribution >= 4 is 11.0 Å². The molecule has 0 aliphatic heterocycles. The van der Waals surface area contributed by atoms with Crippen LogP contribution in [0.15, 0.2) is 18.5 Å². The van der Waals surface area contributed by atoms with Crippen molar-refractivity contribution < 1.29 is 0 Å². The molecule has 3 nitrogen and oxygen atoms in total. The summed E-state index contributed by atoms with van der Waals surface area (Å²) in [6.45, 7) is 7.43. The molecular weight excluding hydrogens is 258 g/mol. The predicted octanol–water partition coefficient (Wildman–Crippen LogP) is 3.98. The summed E-state index contributed by atoms with van der Waals surface area (Å²) < 4.78 is 2.40. The van der Waals surface area contributed by atoms with Gasteiger partial charge in [-0.2, -0.15) is 0 Å². The first-order valence-corrected chi connectivity index (χ1v) is 8.27. The molecule has 3 heteroatoms. The highest BCUT2D eigenvalue weighted by Gasteiger charge is 2.30. The Morgan fingerprint density at radius 2 is 2.00 bits per heavy atom. The SMILES string of the molecule is CCC1CCC(CN)C(n2cnc3cc(C)c(C)cc32)C1. The molecule has 1 aromatic carbocycles. The molecule has 2 N–H and O–H groups in total. The summed E-state index contributed by atoms with van der Waals surface area (Å²) in [7, 11) is 0. The van der Waals surface area contributed by atoms with Crippen LogP contribution in [0.4, 0.5) is 0 Å². The third-order valence-electron chi connectivity index (χ3n) is 5.49. The van der Waals surface area contributed by atoms with Gasteiger partial charge in [-0.15, -0.1) is 0 Å². The molecule has 1 heterocycles. The number of nitrogens with two attached hydrogens (primary N) is 1. The van der Waals surface area contributed by atoms with E-state index in [1.54, 1.807) is 0 Å². The monoisotopic (exact) mass is 285 g/mol. The molecule has 0 bridgehead atoms. The Morgan fingerprint density at radius 3 is 2.71 bits per heavy atom. The summed E-state index contributed by atoms with van der Waals surface area (Å²) in [5, 5.41) is 0. The van der Waals surface area contributed by atoms with Crippen LogP contribution in [0.25, 0.3) is 11.0 Å². The fraction of sp³-hybridized carbons (Fsp3) is 0.611. The van der Waals surface area contributed by atoms with Gasteiger partial charge in [-0.1, -0.05) is 13.3 Å². The Bertz CT molecular complexity index is 629. The summed E-state index contributed by atoms with van der Waals surface area (Å²) in [5.74, 6) is 1.42. The lowest BCUT2D eigenvalue weighted by atomic mass is 9.77. The third-order valence-corrected chi connectivity index (χ3v) is 5.49. The molecule has 3 atom stereocenters. The van der Waals surface area contributed by atoms with Gasteiger partial charge >= 0.3 is 0 Å². The minimum absolute atomic E-state index is 0.515. The number of nitrogens with zero attached hydrogens (tertiary/aromatic N) is 2. The fourth-order valence-corrected chi connectivity index (χ4v) is 3.83. The highest BCUT2D eigenvalue weighted by atomic mass is 15.1. The number of rotatable bonds is 3. The first kappa shape index (κ1) is 14.6. The maximum atomic E-state index is 6.05. The molecule has 1 aromatic heterocycles. The summed E-state index contributed by atoms with van der Waals surface area (Å²) in [6, 6.07) is 5.01. The number of aromatic nitrogens is 2. The Morgan fingerprint density at radius 1 is 1.24 bits per heavy atom. The maximum Gasteiger partial charge on any atom is 0.0961 e. The first-order valence-electron chi connectivity index (χ1n) is 8.27. The van der Waals surface area contributed by atoms with Crippen molar-refractivity contribution in [3.8, 4) is 0 Å². The minimum Gasteiger partial charge on any atom is -0.330 e. The van der Waals surface area contributed by atoms with Crippen LogP contribution in [0.5, 0.6) is 0 Å². The highest BCUT2D eigenvalue weighted by Crippen LogP contribution is 2.39. The van der Waals surface area contributed by atoms with Crippen molar-refractivity contribution in [1.29, 1.82) is 0 Å². The molecule has 114 valence electrons. The number of fused-ring (bicyclic) bond motifs is 1. The van der Waals surface area contributed by atoms with E-state index < -0.39 is 0 Å². The van der Waals surface area contributed by atoms with Crippen LogP contribution < -0.4 is 5.73 Å². The highest BCUT2D eigenvalue weighted by molar-refractivity contribution is 5.77. The zero-order valence-corrected chi connectivity index (χ0v) is 13.5. The number of hydrogen-bond donors (Lipinski definition) is 1. The van der Waals surface area contributed by atoms with Crippen LogP contribution in [0.1, 0.15) is 49.8 Å². The zero-order valence-electron chi connectivity index (χ0n) is 13.5. The van der Waals surface area contributed by atoms with Crippen LogP contribution in [-0.2, 0) is 0 Å². The van der Waals surface area contributed by atoms with E-state index in [1.165, 1.54) is 42.3 Å². The van der Waals surface area contributed by atoms with Crippen LogP contribution in [0.3, 0.4) is 0 Å². The van der Waals surface area contributed by atoms with E-state index in [0.29, 0.717) is 12.0 Å². The molecule has 0 amide bonds. The van der Waals surface area contributed by atoms with E-state index in [-0.39, 0.29) is 0 Å². The topological polar surface area (TPSA) is 43.8 Å². The van der Waals surface area contributed by atoms with Crippen LogP contribution >= 0.6 is 0 Å². The quantitative estimate of drug-likeness (QED) is 0.927. The van der Waals surface area contributed by atoms with E-state index >= 15 is 0 Å². The van der Waals surface area contributed by atoms with Gasteiger partial charge in [-0.25, -0.2) is 4.98 Å². The lowest BCUT2D eigenvalue weighted by Gasteiger charge is -2.36. The third kappa shape index (κ3) is 2.59. The summed E-state index contributed by atoms with van der Waals surface area (Å²) in [6.07, 6.45) is 7.15. The van der Waals surface area contributed by atoms with Gasteiger partial charge in [0, 0.05) is 6.04 Å². The van der Waals surface area contributed by atoms with Gasteiger partial charge in [0.25, 0.3) is 0 Å². The van der Waals surface area contributed by atoms with E-state index in [1.807, 2.05) is 6.33 Å². The zero-order chi connectivity index (χ0) is 15.0. The lowest BCUT2D eigenvalue weighted by molar-refractivity contribution is 0.188. The van der Waals surface area contributed by atoms with Crippen molar-refractivity contribution in [2.24, 2.45) is 17.6 Å². The van der Waals surface area contributed by atoms with Crippen molar-refractivity contribution in [3.05, 3.63) is 29.6 Å². The van der Waals surface area contributed by atoms with Gasteiger partial charge in [0.1, 0.15) is 0 Å². The van der Waals surface area contributed by atoms with Gasteiger partial charge in [0.2, 0.25) is 0 Å². The Kier molecular flexibility index (Phi) is 4.03. The molecule has 21 heavy (non-hydrogen) atoms. The molecule has 2 aromatic rings. The molecule has 0 spiro atoms. The van der Waals surface area contributed by atoms with Crippen molar-refractivity contribution in [2.45, 2.75) is 52.5 Å². The van der Waals surface area contributed by atoms with Crippen LogP contribution in [0, 0.1) is 25.7 Å². The Balaban J connectivity index is 2.02. The molecule has 0 saturated heterocycles. The van der Waals surface area contributed by atoms with Crippen molar-refractivity contribution in [1.82, 2.24) is 9.55 Å². The number of hydrogen-bond acceptors (Lipinski definition) is 2. The van der Waals surface area contributed by atoms with Gasteiger partial charge in [-0.3, -0.25) is 0 Å². The second kappa shape index (κ2) is 5.80. The van der Waals surface area contributed by atoms with Gasteiger partial charge in [-0.05, 0) is 74.8 Å². The average molecular weight is 285 g/mol. The number of imidazole rings is 1. The number of benzene rings is 1. The Hall–Kier alpha value is -1.35. The van der Waals surface area contributed by atoms with Crippen molar-refractivity contribution in [2.75, 3.05) is 6.54 Å². The maximum absolute atomic E-state index is 6.05. The standard InChI is InChI=1S/C18H27N3/c1-4-14-5-6-15(10-19)17(9-14)21-11-20-16-7-12(2)13(3)8-18(16)21/h7-8,11,14-15,17H,4-6,9-10,19H2,1-3H3. The lowest BCUT2D eigenvalue weighted by Crippen LogP contribution is -2.32. The molecule has 1 saturated carbocycles. The normalized spacial score (nSPS) is 26.4. The predicted molar refractivity (Wildman–Crippen MR) is 88.4 cm³/mol. The summed E-state index contributed by atoms with van der Waals surface area (Å²) in [4.78, 5) is 4.64. The van der Waals surface area contributed by atoms with Gasteiger partial charge < -0.3 is 10.3 Å². The molecule has 3 rings (SSSR count). The average Bonchev–Trinajstić information content (AvgIpc) is 2.89. The van der Waals surface area contributed by atoms with E-state index in [2.05, 4.69) is 42.5 Å². The second-order valence-corrected chi connectivity index (χ2v) is 6.73. The molecular formula is C18H27N3. The van der Waals surface area contributed by atoms with Gasteiger partial charge in [0.05, 0.1) is 17.4 Å². The molecule has 1 fully saturated rings. The summed E-state index contributed by atoms with van der Waals surface area (Å²) in [5.41, 5.74) is 11.1. The van der Waals surface area contributed by atoms with E-state index in [0.717, 1.165) is 18.0 Å². The van der Waals surface area contributed by atoms with Crippen LogP contribution in [0.2, 0.25) is 0 Å². The molecule has 1 aliphatic carbocycles. The molecule has 1 aliphatic rings. The van der Waals surface area contributed by atoms with Crippen LogP contribution in [-0.4, -0.2) is 16.1 Å². The first-order chi connectivity index (χ1) is 10.1. The number of aryl methyl sites for hydroxylation is 2. The fourth-order valence-electron chi connectivity index (χ4n) is 3.83. The largest absolute Gasteiger partial charge is 0.330 e. The smallest absolute Gasteiger partial charge is 0.0961 e. The van der Waals surface area contributed by atoms with Gasteiger partial charge in [0.15, 0.2) is 0 Å². The molecule has 3 unspecified atom stereocenters. The minimum atomic E-state index is 0.515.